The van der Waals surface area contributed by atoms with Crippen molar-refractivity contribution in [3.63, 3.8) is 0 Å². The van der Waals surface area contributed by atoms with Crippen molar-refractivity contribution in [2.45, 2.75) is 19.0 Å². The maximum atomic E-state index is 12.3. The van der Waals surface area contributed by atoms with Gasteiger partial charge in [-0.15, -0.1) is 0 Å². The highest BCUT2D eigenvalue weighted by Crippen LogP contribution is 2.30. The number of rotatable bonds is 5. The molecule has 0 aliphatic rings. The SMILES string of the molecule is C=C/C(CCC=O)=C(\C=C)C(F)(F)F. The quantitative estimate of drug-likeness (QED) is 0.496. The van der Waals surface area contributed by atoms with E-state index in [-0.39, 0.29) is 18.4 Å². The molecule has 0 spiro atoms. The summed E-state index contributed by atoms with van der Waals surface area (Å²) >= 11 is 0. The number of hydrogen-bond acceptors (Lipinski definition) is 1. The predicted molar refractivity (Wildman–Crippen MR) is 48.8 cm³/mol. The molecule has 0 aromatic carbocycles. The summed E-state index contributed by atoms with van der Waals surface area (Å²) in [5, 5.41) is 0. The minimum atomic E-state index is -4.44. The zero-order chi connectivity index (χ0) is 11.2. The molecule has 0 bridgehead atoms. The first-order valence-electron chi connectivity index (χ1n) is 3.96. The summed E-state index contributed by atoms with van der Waals surface area (Å²) in [6.45, 7) is 6.37. The summed E-state index contributed by atoms with van der Waals surface area (Å²) in [4.78, 5) is 10.0. The lowest BCUT2D eigenvalue weighted by Crippen LogP contribution is -2.12. The molecule has 0 rings (SSSR count). The Morgan fingerprint density at radius 3 is 2.07 bits per heavy atom. The van der Waals surface area contributed by atoms with Gasteiger partial charge in [0.05, 0.1) is 5.57 Å². The number of alkyl halides is 3. The zero-order valence-electron chi connectivity index (χ0n) is 7.60. The smallest absolute Gasteiger partial charge is 0.303 e. The molecule has 0 fully saturated rings. The van der Waals surface area contributed by atoms with Gasteiger partial charge in [-0.3, -0.25) is 0 Å². The first kappa shape index (κ1) is 12.7. The van der Waals surface area contributed by atoms with Crippen molar-refractivity contribution in [3.05, 3.63) is 36.5 Å². The van der Waals surface area contributed by atoms with Gasteiger partial charge < -0.3 is 4.79 Å². The average Bonchev–Trinajstić information content (AvgIpc) is 2.09. The van der Waals surface area contributed by atoms with Gasteiger partial charge >= 0.3 is 6.18 Å². The Balaban J connectivity index is 5.01. The van der Waals surface area contributed by atoms with Crippen LogP contribution in [-0.4, -0.2) is 12.5 Å². The van der Waals surface area contributed by atoms with Crippen LogP contribution in [0.4, 0.5) is 13.2 Å². The van der Waals surface area contributed by atoms with Crippen molar-refractivity contribution in [2.24, 2.45) is 0 Å². The standard InChI is InChI=1S/C10H11F3O/c1-3-8(6-5-7-14)9(4-2)10(11,12)13/h3-4,7H,1-2,5-6H2/b9-8-. The van der Waals surface area contributed by atoms with E-state index in [2.05, 4.69) is 13.2 Å². The predicted octanol–water partition coefficient (Wildman–Crippen LogP) is 3.20. The van der Waals surface area contributed by atoms with Crippen LogP contribution in [0.5, 0.6) is 0 Å². The molecule has 14 heavy (non-hydrogen) atoms. The van der Waals surface area contributed by atoms with E-state index >= 15 is 0 Å². The Morgan fingerprint density at radius 2 is 1.79 bits per heavy atom. The summed E-state index contributed by atoms with van der Waals surface area (Å²) in [5.74, 6) is 0. The normalized spacial score (nSPS) is 13.1. The van der Waals surface area contributed by atoms with E-state index in [1.807, 2.05) is 0 Å². The lowest BCUT2D eigenvalue weighted by atomic mass is 10.0. The number of halogens is 3. The Bertz CT molecular complexity index is 261. The second-order valence-corrected chi connectivity index (χ2v) is 2.55. The van der Waals surface area contributed by atoms with Crippen molar-refractivity contribution in [3.8, 4) is 0 Å². The molecule has 78 valence electrons. The third-order valence-corrected chi connectivity index (χ3v) is 1.63. The molecule has 0 atom stereocenters. The largest absolute Gasteiger partial charge is 0.416 e. The Morgan fingerprint density at radius 1 is 1.21 bits per heavy atom. The van der Waals surface area contributed by atoms with E-state index in [0.717, 1.165) is 12.2 Å². The molecule has 0 radical (unpaired) electrons. The molecule has 0 heterocycles. The highest BCUT2D eigenvalue weighted by molar-refractivity contribution is 5.51. The monoisotopic (exact) mass is 204 g/mol. The van der Waals surface area contributed by atoms with E-state index < -0.39 is 11.7 Å². The van der Waals surface area contributed by atoms with Crippen molar-refractivity contribution in [2.75, 3.05) is 0 Å². The van der Waals surface area contributed by atoms with E-state index in [0.29, 0.717) is 6.29 Å². The molecule has 1 nitrogen and oxygen atoms in total. The summed E-state index contributed by atoms with van der Waals surface area (Å²) < 4.78 is 37.0. The highest BCUT2D eigenvalue weighted by atomic mass is 19.4. The van der Waals surface area contributed by atoms with E-state index in [1.54, 1.807) is 0 Å². The number of carbonyl (C=O) groups excluding carboxylic acids is 1. The van der Waals surface area contributed by atoms with Crippen LogP contribution in [0.2, 0.25) is 0 Å². The molecule has 0 aliphatic heterocycles. The maximum absolute atomic E-state index is 12.3. The van der Waals surface area contributed by atoms with Gasteiger partial charge in [-0.1, -0.05) is 25.3 Å². The van der Waals surface area contributed by atoms with Gasteiger partial charge in [0.1, 0.15) is 6.29 Å². The molecule has 0 aromatic heterocycles. The topological polar surface area (TPSA) is 17.1 Å². The number of allylic oxidation sites excluding steroid dienone is 4. The van der Waals surface area contributed by atoms with Gasteiger partial charge in [0.15, 0.2) is 0 Å². The van der Waals surface area contributed by atoms with Crippen LogP contribution in [0.1, 0.15) is 12.8 Å². The molecular formula is C10H11F3O. The first-order valence-corrected chi connectivity index (χ1v) is 3.96. The Kier molecular flexibility index (Phi) is 4.91. The average molecular weight is 204 g/mol. The van der Waals surface area contributed by atoms with Gasteiger partial charge in [0.25, 0.3) is 0 Å². The van der Waals surface area contributed by atoms with Gasteiger partial charge in [0.2, 0.25) is 0 Å². The van der Waals surface area contributed by atoms with Crippen molar-refractivity contribution >= 4 is 6.29 Å². The first-order chi connectivity index (χ1) is 6.47. The summed E-state index contributed by atoms with van der Waals surface area (Å²) in [6.07, 6.45) is -1.94. The molecule has 0 amide bonds. The molecule has 0 unspecified atom stereocenters. The van der Waals surface area contributed by atoms with Gasteiger partial charge in [-0.05, 0) is 12.0 Å². The van der Waals surface area contributed by atoms with Crippen LogP contribution in [-0.2, 0) is 4.79 Å². The van der Waals surface area contributed by atoms with Crippen LogP contribution >= 0.6 is 0 Å². The fourth-order valence-corrected chi connectivity index (χ4v) is 0.990. The third-order valence-electron chi connectivity index (χ3n) is 1.63. The summed E-state index contributed by atoms with van der Waals surface area (Å²) in [5.41, 5.74) is -0.825. The second kappa shape index (κ2) is 5.42. The fraction of sp³-hybridized carbons (Fsp3) is 0.300. The lowest BCUT2D eigenvalue weighted by molar-refractivity contribution is -0.108. The summed E-state index contributed by atoms with van der Waals surface area (Å²) in [6, 6.07) is 0. The van der Waals surface area contributed by atoms with Crippen molar-refractivity contribution in [1.29, 1.82) is 0 Å². The van der Waals surface area contributed by atoms with E-state index in [9.17, 15) is 18.0 Å². The van der Waals surface area contributed by atoms with E-state index in [1.165, 1.54) is 0 Å². The minimum Gasteiger partial charge on any atom is -0.303 e. The van der Waals surface area contributed by atoms with Crippen LogP contribution < -0.4 is 0 Å². The number of carbonyl (C=O) groups is 1. The maximum Gasteiger partial charge on any atom is 0.416 e. The lowest BCUT2D eigenvalue weighted by Gasteiger charge is -2.11. The van der Waals surface area contributed by atoms with Crippen LogP contribution in [0.3, 0.4) is 0 Å². The Labute approximate surface area is 80.6 Å². The number of hydrogen-bond donors (Lipinski definition) is 0. The zero-order valence-corrected chi connectivity index (χ0v) is 7.60. The number of aldehydes is 1. The highest BCUT2D eigenvalue weighted by Gasteiger charge is 2.33. The minimum absolute atomic E-state index is 0.000370. The molecular weight excluding hydrogens is 193 g/mol. The molecule has 0 N–H and O–H groups in total. The third kappa shape index (κ3) is 3.60. The second-order valence-electron chi connectivity index (χ2n) is 2.55. The Hall–Kier alpha value is -1.32. The van der Waals surface area contributed by atoms with Crippen molar-refractivity contribution < 1.29 is 18.0 Å². The summed E-state index contributed by atoms with van der Waals surface area (Å²) in [7, 11) is 0. The van der Waals surface area contributed by atoms with Gasteiger partial charge in [-0.25, -0.2) is 0 Å². The van der Waals surface area contributed by atoms with Crippen LogP contribution in [0.15, 0.2) is 36.5 Å². The molecule has 0 saturated heterocycles. The molecule has 0 aromatic rings. The van der Waals surface area contributed by atoms with Crippen LogP contribution in [0, 0.1) is 0 Å². The molecule has 0 aliphatic carbocycles. The van der Waals surface area contributed by atoms with Gasteiger partial charge in [-0.2, -0.15) is 13.2 Å². The molecule has 4 heteroatoms. The van der Waals surface area contributed by atoms with Crippen LogP contribution in [0.25, 0.3) is 0 Å². The van der Waals surface area contributed by atoms with E-state index in [4.69, 9.17) is 0 Å². The van der Waals surface area contributed by atoms with Gasteiger partial charge in [0, 0.05) is 6.42 Å². The molecule has 0 saturated carbocycles. The van der Waals surface area contributed by atoms with Crippen molar-refractivity contribution in [1.82, 2.24) is 0 Å². The fourth-order valence-electron chi connectivity index (χ4n) is 0.990.